The molecule has 0 aromatic rings. The molecule has 0 bridgehead atoms. The predicted molar refractivity (Wildman–Crippen MR) is 66.6 cm³/mol. The maximum absolute atomic E-state index is 10.5. The number of hydrogen-bond donors (Lipinski definition) is 0. The second-order valence-electron chi connectivity index (χ2n) is 4.75. The topological polar surface area (TPSA) is 26.3 Å². The third kappa shape index (κ3) is 12.6. The van der Waals surface area contributed by atoms with E-state index in [1.807, 2.05) is 20.8 Å². The van der Waals surface area contributed by atoms with Gasteiger partial charge in [-0.3, -0.25) is 0 Å². The van der Waals surface area contributed by atoms with Gasteiger partial charge in [0.1, 0.15) is 6.29 Å². The van der Waals surface area contributed by atoms with Crippen LogP contribution in [0, 0.1) is 0 Å². The molecule has 0 aromatic carbocycles. The molecular formula is C12H25NaO2. The molecule has 0 N–H and O–H groups in total. The molecule has 0 rings (SSSR count). The molecule has 0 saturated heterocycles. The van der Waals surface area contributed by atoms with Crippen LogP contribution in [0.1, 0.15) is 59.8 Å². The molecule has 1 atom stereocenters. The Morgan fingerprint density at radius 3 is 2.27 bits per heavy atom. The Labute approximate surface area is 116 Å². The van der Waals surface area contributed by atoms with Gasteiger partial charge in [0, 0.05) is 6.42 Å². The second kappa shape index (κ2) is 9.83. The van der Waals surface area contributed by atoms with Crippen LogP contribution in [-0.4, -0.2) is 47.5 Å². The van der Waals surface area contributed by atoms with Gasteiger partial charge in [0.2, 0.25) is 0 Å². The summed E-state index contributed by atoms with van der Waals surface area (Å²) < 4.78 is 5.79. The van der Waals surface area contributed by atoms with Crippen LogP contribution in [0.5, 0.6) is 0 Å². The van der Waals surface area contributed by atoms with E-state index in [0.717, 1.165) is 19.1 Å². The fraction of sp³-hybridized carbons (Fsp3) is 0.917. The fourth-order valence-electron chi connectivity index (χ4n) is 1.45. The van der Waals surface area contributed by atoms with E-state index < -0.39 is 0 Å². The van der Waals surface area contributed by atoms with Crippen LogP contribution in [-0.2, 0) is 9.53 Å². The van der Waals surface area contributed by atoms with E-state index in [4.69, 9.17) is 4.74 Å². The zero-order chi connectivity index (χ0) is 11.0. The van der Waals surface area contributed by atoms with Crippen LogP contribution in [0.3, 0.4) is 0 Å². The van der Waals surface area contributed by atoms with Crippen molar-refractivity contribution in [3.05, 3.63) is 0 Å². The van der Waals surface area contributed by atoms with Gasteiger partial charge >= 0.3 is 29.6 Å². The van der Waals surface area contributed by atoms with Gasteiger partial charge in [-0.25, -0.2) is 0 Å². The molecule has 0 aromatic heterocycles. The summed E-state index contributed by atoms with van der Waals surface area (Å²) in [5.74, 6) is 0. The predicted octanol–water partition coefficient (Wildman–Crippen LogP) is 2.69. The third-order valence-electron chi connectivity index (χ3n) is 2.01. The minimum atomic E-state index is -0.139. The standard InChI is InChI=1S/C12H24O2.Na.H/c1-5-6-7-8-11(9-10-13)14-12(2,3)4;;/h10-11H,5-9H2,1-4H3;;. The molecule has 1 unspecified atom stereocenters. The van der Waals surface area contributed by atoms with Crippen molar-refractivity contribution in [2.45, 2.75) is 71.5 Å². The van der Waals surface area contributed by atoms with Crippen molar-refractivity contribution < 1.29 is 9.53 Å². The summed E-state index contributed by atoms with van der Waals surface area (Å²) in [4.78, 5) is 10.5. The first-order chi connectivity index (χ1) is 6.49. The summed E-state index contributed by atoms with van der Waals surface area (Å²) >= 11 is 0. The van der Waals surface area contributed by atoms with Crippen LogP contribution >= 0.6 is 0 Å². The molecule has 0 aliphatic rings. The SMILES string of the molecule is CCCCCC(CC=O)OC(C)(C)C.[NaH]. The van der Waals surface area contributed by atoms with E-state index in [1.54, 1.807) is 0 Å². The van der Waals surface area contributed by atoms with Gasteiger partial charge in [-0.2, -0.15) is 0 Å². The molecule has 0 fully saturated rings. The van der Waals surface area contributed by atoms with Crippen molar-refractivity contribution in [3.8, 4) is 0 Å². The summed E-state index contributed by atoms with van der Waals surface area (Å²) in [5.41, 5.74) is -0.139. The quantitative estimate of drug-likeness (QED) is 0.377. The van der Waals surface area contributed by atoms with Crippen molar-refractivity contribution in [2.75, 3.05) is 0 Å². The molecule has 0 aliphatic heterocycles. The Morgan fingerprint density at radius 2 is 1.87 bits per heavy atom. The second-order valence-corrected chi connectivity index (χ2v) is 4.75. The molecule has 3 heteroatoms. The first kappa shape index (κ1) is 18.0. The number of ether oxygens (including phenoxy) is 1. The normalized spacial score (nSPS) is 13.1. The molecule has 0 radical (unpaired) electrons. The zero-order valence-corrected chi connectivity index (χ0v) is 10.0. The number of aldehydes is 1. The van der Waals surface area contributed by atoms with Crippen LogP contribution in [0.4, 0.5) is 0 Å². The van der Waals surface area contributed by atoms with E-state index in [0.29, 0.717) is 6.42 Å². The van der Waals surface area contributed by atoms with Crippen molar-refractivity contribution in [3.63, 3.8) is 0 Å². The number of carbonyl (C=O) groups excluding carboxylic acids is 1. The number of carbonyl (C=O) groups is 1. The first-order valence-corrected chi connectivity index (χ1v) is 5.61. The molecule has 0 heterocycles. The van der Waals surface area contributed by atoms with Crippen molar-refractivity contribution >= 4 is 35.8 Å². The van der Waals surface area contributed by atoms with Gasteiger partial charge < -0.3 is 9.53 Å². The molecule has 0 spiro atoms. The molecule has 2 nitrogen and oxygen atoms in total. The van der Waals surface area contributed by atoms with Crippen LogP contribution in [0.15, 0.2) is 0 Å². The molecule has 0 saturated carbocycles. The van der Waals surface area contributed by atoms with Crippen LogP contribution in [0.25, 0.3) is 0 Å². The summed E-state index contributed by atoms with van der Waals surface area (Å²) in [5, 5.41) is 0. The van der Waals surface area contributed by atoms with Crippen LogP contribution < -0.4 is 0 Å². The van der Waals surface area contributed by atoms with E-state index in [2.05, 4.69) is 6.92 Å². The Balaban J connectivity index is 0. The molecule has 0 amide bonds. The van der Waals surface area contributed by atoms with Crippen molar-refractivity contribution in [1.82, 2.24) is 0 Å². The third-order valence-corrected chi connectivity index (χ3v) is 2.01. The van der Waals surface area contributed by atoms with Crippen LogP contribution in [0.2, 0.25) is 0 Å². The number of rotatable bonds is 7. The van der Waals surface area contributed by atoms with Gasteiger partial charge in [-0.05, 0) is 27.2 Å². The minimum absolute atomic E-state index is 0. The van der Waals surface area contributed by atoms with Gasteiger partial charge in [-0.15, -0.1) is 0 Å². The average molecular weight is 224 g/mol. The number of unbranched alkanes of at least 4 members (excludes halogenated alkanes) is 2. The Morgan fingerprint density at radius 1 is 1.27 bits per heavy atom. The number of hydrogen-bond acceptors (Lipinski definition) is 2. The maximum atomic E-state index is 10.5. The Bertz CT molecular complexity index is 152. The van der Waals surface area contributed by atoms with Crippen molar-refractivity contribution in [1.29, 1.82) is 0 Å². The molecule has 0 aliphatic carbocycles. The zero-order valence-electron chi connectivity index (χ0n) is 10.0. The van der Waals surface area contributed by atoms with Crippen molar-refractivity contribution in [2.24, 2.45) is 0 Å². The van der Waals surface area contributed by atoms with Gasteiger partial charge in [0.25, 0.3) is 0 Å². The van der Waals surface area contributed by atoms with Gasteiger partial charge in [0.15, 0.2) is 0 Å². The summed E-state index contributed by atoms with van der Waals surface area (Å²) in [6, 6.07) is 0. The van der Waals surface area contributed by atoms with E-state index >= 15 is 0 Å². The molecule has 86 valence electrons. The van der Waals surface area contributed by atoms with Gasteiger partial charge in [0.05, 0.1) is 11.7 Å². The fourth-order valence-corrected chi connectivity index (χ4v) is 1.45. The first-order valence-electron chi connectivity index (χ1n) is 5.61. The summed E-state index contributed by atoms with van der Waals surface area (Å²) in [6.07, 6.45) is 6.20. The summed E-state index contributed by atoms with van der Waals surface area (Å²) in [6.45, 7) is 8.28. The summed E-state index contributed by atoms with van der Waals surface area (Å²) in [7, 11) is 0. The Hall–Kier alpha value is 0.630. The monoisotopic (exact) mass is 224 g/mol. The van der Waals surface area contributed by atoms with E-state index in [1.165, 1.54) is 12.8 Å². The average Bonchev–Trinajstić information content (AvgIpc) is 2.02. The molecule has 15 heavy (non-hydrogen) atoms. The van der Waals surface area contributed by atoms with E-state index in [-0.39, 0.29) is 41.3 Å². The van der Waals surface area contributed by atoms with E-state index in [9.17, 15) is 4.79 Å². The Kier molecular flexibility index (Phi) is 11.8. The molecular weight excluding hydrogens is 199 g/mol. The van der Waals surface area contributed by atoms with Gasteiger partial charge in [-0.1, -0.05) is 26.2 Å².